The van der Waals surface area contributed by atoms with Crippen molar-refractivity contribution in [2.45, 2.75) is 18.8 Å². The molecule has 1 saturated carbocycles. The second-order valence-electron chi connectivity index (χ2n) is 6.61. The summed E-state index contributed by atoms with van der Waals surface area (Å²) < 4.78 is 18.4. The van der Waals surface area contributed by atoms with Gasteiger partial charge in [0.1, 0.15) is 23.1 Å². The number of methoxy groups -OCH3 is 1. The Morgan fingerprint density at radius 1 is 1.30 bits per heavy atom. The highest BCUT2D eigenvalue weighted by atomic mass is 19.1. The van der Waals surface area contributed by atoms with Gasteiger partial charge >= 0.3 is 0 Å². The van der Waals surface area contributed by atoms with Crippen LogP contribution in [0.5, 0.6) is 5.75 Å². The molecule has 0 radical (unpaired) electrons. The largest absolute Gasteiger partial charge is 0.494 e. The number of aliphatic imine (C=N–C) groups is 1. The van der Waals surface area contributed by atoms with Crippen molar-refractivity contribution in [1.82, 2.24) is 15.2 Å². The summed E-state index contributed by atoms with van der Waals surface area (Å²) >= 11 is 0. The second-order valence-corrected chi connectivity index (χ2v) is 6.61. The van der Waals surface area contributed by atoms with Gasteiger partial charge in [-0.25, -0.2) is 14.4 Å². The lowest BCUT2D eigenvalue weighted by Gasteiger charge is -2.07. The first-order chi connectivity index (χ1) is 13.2. The molecule has 1 aliphatic carbocycles. The topological polar surface area (TPSA) is 89.2 Å². The third-order valence-corrected chi connectivity index (χ3v) is 4.85. The first kappa shape index (κ1) is 17.2. The summed E-state index contributed by atoms with van der Waals surface area (Å²) in [6.45, 7) is 0. The standard InChI is InChI=1S/C20H20FN5O/c1-27-17-4-2-3-15(18(17)23-11-22)19-24-20(26-25-19)16-10-13(16)9-12-5-7-14(21)8-6-12/h2-8,11,13,16H,9-10H2,1H3,(H2,22,23)(H,24,25,26). The molecule has 1 aliphatic rings. The van der Waals surface area contributed by atoms with E-state index in [2.05, 4.69) is 20.2 Å². The molecule has 138 valence electrons. The van der Waals surface area contributed by atoms with Crippen LogP contribution >= 0.6 is 0 Å². The minimum absolute atomic E-state index is 0.208. The lowest BCUT2D eigenvalue weighted by Crippen LogP contribution is -1.93. The van der Waals surface area contributed by atoms with E-state index >= 15 is 0 Å². The summed E-state index contributed by atoms with van der Waals surface area (Å²) in [5, 5.41) is 7.42. The van der Waals surface area contributed by atoms with Gasteiger partial charge in [-0.1, -0.05) is 18.2 Å². The van der Waals surface area contributed by atoms with E-state index in [1.165, 1.54) is 18.5 Å². The normalized spacial score (nSPS) is 18.7. The molecule has 6 nitrogen and oxygen atoms in total. The molecule has 0 bridgehead atoms. The van der Waals surface area contributed by atoms with E-state index in [0.29, 0.717) is 29.1 Å². The number of benzene rings is 2. The third kappa shape index (κ3) is 3.53. The van der Waals surface area contributed by atoms with E-state index in [-0.39, 0.29) is 5.82 Å². The van der Waals surface area contributed by atoms with Crippen molar-refractivity contribution in [1.29, 1.82) is 0 Å². The molecule has 1 fully saturated rings. The minimum atomic E-state index is -0.208. The molecule has 0 saturated heterocycles. The second kappa shape index (κ2) is 7.19. The molecule has 2 unspecified atom stereocenters. The number of rotatable bonds is 6. The average molecular weight is 365 g/mol. The number of nitrogens with two attached hydrogens (primary N) is 1. The Morgan fingerprint density at radius 2 is 2.11 bits per heavy atom. The number of nitrogens with zero attached hydrogens (tertiary/aromatic N) is 3. The fourth-order valence-corrected chi connectivity index (χ4v) is 3.37. The quantitative estimate of drug-likeness (QED) is 0.516. The highest BCUT2D eigenvalue weighted by Crippen LogP contribution is 2.48. The van der Waals surface area contributed by atoms with Crippen molar-refractivity contribution < 1.29 is 9.13 Å². The maximum Gasteiger partial charge on any atom is 0.183 e. The molecular formula is C20H20FN5O. The minimum Gasteiger partial charge on any atom is -0.494 e. The number of aromatic amines is 1. The predicted molar refractivity (Wildman–Crippen MR) is 102 cm³/mol. The lowest BCUT2D eigenvalue weighted by molar-refractivity contribution is 0.416. The Hall–Kier alpha value is -3.22. The van der Waals surface area contributed by atoms with Gasteiger partial charge in [0.05, 0.1) is 19.0 Å². The van der Waals surface area contributed by atoms with Gasteiger partial charge in [0.15, 0.2) is 5.82 Å². The fourth-order valence-electron chi connectivity index (χ4n) is 3.37. The zero-order valence-electron chi connectivity index (χ0n) is 14.9. The lowest BCUT2D eigenvalue weighted by atomic mass is 10.1. The number of hydrogen-bond donors (Lipinski definition) is 2. The van der Waals surface area contributed by atoms with Crippen LogP contribution in [0.2, 0.25) is 0 Å². The molecule has 2 aromatic carbocycles. The van der Waals surface area contributed by atoms with Gasteiger partial charge in [-0.2, -0.15) is 5.10 Å². The summed E-state index contributed by atoms with van der Waals surface area (Å²) in [5.41, 5.74) is 7.97. The molecule has 3 aromatic rings. The van der Waals surface area contributed by atoms with E-state index in [1.54, 1.807) is 7.11 Å². The number of aromatic nitrogens is 3. The van der Waals surface area contributed by atoms with Crippen molar-refractivity contribution >= 4 is 12.0 Å². The first-order valence-electron chi connectivity index (χ1n) is 8.78. The van der Waals surface area contributed by atoms with Crippen LogP contribution in [-0.2, 0) is 6.42 Å². The average Bonchev–Trinajstić information content (AvgIpc) is 3.27. The Labute approximate surface area is 156 Å². The Bertz CT molecular complexity index is 967. The molecule has 27 heavy (non-hydrogen) atoms. The van der Waals surface area contributed by atoms with E-state index in [4.69, 9.17) is 10.5 Å². The number of nitrogens with one attached hydrogen (secondary N) is 1. The van der Waals surface area contributed by atoms with Gasteiger partial charge in [0, 0.05) is 5.92 Å². The Morgan fingerprint density at radius 3 is 2.85 bits per heavy atom. The molecule has 1 heterocycles. The van der Waals surface area contributed by atoms with Crippen molar-refractivity contribution in [2.75, 3.05) is 7.11 Å². The van der Waals surface area contributed by atoms with Crippen LogP contribution in [-0.4, -0.2) is 28.6 Å². The van der Waals surface area contributed by atoms with Crippen LogP contribution in [0.15, 0.2) is 47.5 Å². The van der Waals surface area contributed by atoms with Crippen molar-refractivity contribution in [3.05, 3.63) is 59.7 Å². The molecule has 3 N–H and O–H groups in total. The van der Waals surface area contributed by atoms with Gasteiger partial charge in [-0.05, 0) is 48.6 Å². The van der Waals surface area contributed by atoms with Gasteiger partial charge in [0.2, 0.25) is 0 Å². The van der Waals surface area contributed by atoms with Crippen LogP contribution in [0.3, 0.4) is 0 Å². The smallest absolute Gasteiger partial charge is 0.183 e. The summed E-state index contributed by atoms with van der Waals surface area (Å²) in [6, 6.07) is 12.3. The highest BCUT2D eigenvalue weighted by molar-refractivity contribution is 5.79. The van der Waals surface area contributed by atoms with Crippen LogP contribution in [0.4, 0.5) is 10.1 Å². The Kier molecular flexibility index (Phi) is 4.58. The predicted octanol–water partition coefficient (Wildman–Crippen LogP) is 3.58. The molecular weight excluding hydrogens is 345 g/mol. The van der Waals surface area contributed by atoms with E-state index in [1.807, 2.05) is 30.3 Å². The van der Waals surface area contributed by atoms with E-state index in [9.17, 15) is 4.39 Å². The van der Waals surface area contributed by atoms with Gasteiger partial charge < -0.3 is 10.5 Å². The van der Waals surface area contributed by atoms with Gasteiger partial charge in [0.25, 0.3) is 0 Å². The molecule has 7 heteroatoms. The van der Waals surface area contributed by atoms with Crippen LogP contribution in [0.25, 0.3) is 11.4 Å². The molecule has 0 aliphatic heterocycles. The number of para-hydroxylation sites is 1. The molecule has 4 rings (SSSR count). The number of H-pyrrole nitrogens is 1. The SMILES string of the molecule is COc1cccc(-c2n[nH]c(C3CC3Cc3ccc(F)cc3)n2)c1N=CN. The maximum atomic E-state index is 13.0. The number of ether oxygens (including phenoxy) is 1. The van der Waals surface area contributed by atoms with Crippen LogP contribution in [0.1, 0.15) is 23.7 Å². The molecule has 0 spiro atoms. The molecule has 1 aromatic heterocycles. The number of hydrogen-bond acceptors (Lipinski definition) is 4. The molecule has 0 amide bonds. The zero-order chi connectivity index (χ0) is 18.8. The third-order valence-electron chi connectivity index (χ3n) is 4.85. The van der Waals surface area contributed by atoms with Gasteiger partial charge in [-0.3, -0.25) is 5.10 Å². The summed E-state index contributed by atoms with van der Waals surface area (Å²) in [4.78, 5) is 8.87. The van der Waals surface area contributed by atoms with Gasteiger partial charge in [-0.15, -0.1) is 0 Å². The molecule has 2 atom stereocenters. The summed E-state index contributed by atoms with van der Waals surface area (Å²) in [6.07, 6.45) is 3.18. The summed E-state index contributed by atoms with van der Waals surface area (Å²) in [5.74, 6) is 2.66. The van der Waals surface area contributed by atoms with Crippen molar-refractivity contribution in [3.8, 4) is 17.1 Å². The van der Waals surface area contributed by atoms with E-state index < -0.39 is 0 Å². The number of halogens is 1. The highest BCUT2D eigenvalue weighted by Gasteiger charge is 2.40. The van der Waals surface area contributed by atoms with Crippen molar-refractivity contribution in [3.63, 3.8) is 0 Å². The first-order valence-corrected chi connectivity index (χ1v) is 8.78. The van der Waals surface area contributed by atoms with Crippen LogP contribution in [0, 0.1) is 11.7 Å². The van der Waals surface area contributed by atoms with Crippen molar-refractivity contribution in [2.24, 2.45) is 16.6 Å². The Balaban J connectivity index is 1.52. The monoisotopic (exact) mass is 365 g/mol. The van der Waals surface area contributed by atoms with Crippen LogP contribution < -0.4 is 10.5 Å². The van der Waals surface area contributed by atoms with E-state index in [0.717, 1.165) is 29.8 Å². The maximum absolute atomic E-state index is 13.0. The summed E-state index contributed by atoms with van der Waals surface area (Å²) in [7, 11) is 1.59. The zero-order valence-corrected chi connectivity index (χ0v) is 14.9. The fraction of sp³-hybridized carbons (Fsp3) is 0.250.